The van der Waals surface area contributed by atoms with Crippen molar-refractivity contribution in [2.75, 3.05) is 13.2 Å². The van der Waals surface area contributed by atoms with Gasteiger partial charge in [-0.05, 0) is 69.4 Å². The highest BCUT2D eigenvalue weighted by Crippen LogP contribution is 2.36. The minimum atomic E-state index is -0.824. The van der Waals surface area contributed by atoms with Crippen LogP contribution in [-0.2, 0) is 25.6 Å². The number of aryl methyl sites for hydroxylation is 1. The number of rotatable bonds is 20. The second-order valence-electron chi connectivity index (χ2n) is 10.5. The van der Waals surface area contributed by atoms with E-state index in [1.54, 1.807) is 0 Å². The summed E-state index contributed by atoms with van der Waals surface area (Å²) >= 11 is 0. The van der Waals surface area contributed by atoms with Crippen molar-refractivity contribution >= 4 is 11.9 Å². The first kappa shape index (κ1) is 34.0. The minimum absolute atomic E-state index is 0.00647. The molecule has 2 rings (SSSR count). The van der Waals surface area contributed by atoms with Gasteiger partial charge in [0.1, 0.15) is 6.10 Å². The molecule has 1 fully saturated rings. The summed E-state index contributed by atoms with van der Waals surface area (Å²) in [6.07, 6.45) is 11.9. The predicted molar refractivity (Wildman–Crippen MR) is 155 cm³/mol. The van der Waals surface area contributed by atoms with Crippen molar-refractivity contribution < 1.29 is 34.5 Å². The van der Waals surface area contributed by atoms with E-state index in [1.807, 2.05) is 61.6 Å². The van der Waals surface area contributed by atoms with Crippen LogP contribution >= 0.6 is 0 Å². The lowest BCUT2D eigenvalue weighted by molar-refractivity contribution is -0.757. The molecular weight excluding hydrogens is 528 g/mol. The number of unbranched alkanes of at least 4 members (excludes halogenated alkanes) is 3. The fourth-order valence-corrected chi connectivity index (χ4v) is 5.06. The standard InChI is InChI=1S/C31H46N2O8/c1-2-32-30(36)16-10-4-3-9-15-26-27(29(35)23-28(26)34)21-20-25(19-18-24-13-7-5-8-14-24)41-31(37)17-11-6-12-22-40-33(38)39/h3,5,7-9,13-14,20-21,25-29,34-35H,2,4,6,10-12,15-19,22-23H2,1H3,(H,32,36)/b9-3-,21-20+/t25-,26-,27-,28+,29+/m1/s1. The summed E-state index contributed by atoms with van der Waals surface area (Å²) in [7, 11) is 0. The number of esters is 1. The molecule has 10 nitrogen and oxygen atoms in total. The number of carbonyl (C=O) groups is 2. The van der Waals surface area contributed by atoms with E-state index in [1.165, 1.54) is 0 Å². The number of nitrogens with one attached hydrogen (secondary N) is 1. The summed E-state index contributed by atoms with van der Waals surface area (Å²) in [5, 5.41) is 33.5. The van der Waals surface area contributed by atoms with Gasteiger partial charge in [-0.1, -0.05) is 55.0 Å². The van der Waals surface area contributed by atoms with Gasteiger partial charge in [0.2, 0.25) is 5.91 Å². The van der Waals surface area contributed by atoms with Crippen molar-refractivity contribution in [2.45, 2.75) is 95.9 Å². The Hall–Kier alpha value is -3.24. The second kappa shape index (κ2) is 19.8. The molecule has 10 heteroatoms. The zero-order chi connectivity index (χ0) is 29.9. The number of hydrogen-bond donors (Lipinski definition) is 3. The summed E-state index contributed by atoms with van der Waals surface area (Å²) in [6, 6.07) is 9.91. The Kier molecular flexibility index (Phi) is 16.4. The lowest BCUT2D eigenvalue weighted by Crippen LogP contribution is -2.22. The first-order chi connectivity index (χ1) is 19.8. The quantitative estimate of drug-likeness (QED) is 0.0679. The van der Waals surface area contributed by atoms with Gasteiger partial charge in [0, 0.05) is 31.7 Å². The number of allylic oxidation sites excluding steroid dienone is 2. The molecule has 1 saturated carbocycles. The van der Waals surface area contributed by atoms with E-state index in [2.05, 4.69) is 10.2 Å². The molecule has 0 spiro atoms. The van der Waals surface area contributed by atoms with Crippen LogP contribution in [-0.4, -0.2) is 58.6 Å². The van der Waals surface area contributed by atoms with Crippen LogP contribution in [0.4, 0.5) is 0 Å². The van der Waals surface area contributed by atoms with Crippen LogP contribution in [0.5, 0.6) is 0 Å². The molecule has 5 atom stereocenters. The number of ether oxygens (including phenoxy) is 1. The number of aliphatic hydroxyl groups excluding tert-OH is 2. The van der Waals surface area contributed by atoms with Gasteiger partial charge in [0.25, 0.3) is 5.09 Å². The molecule has 1 aromatic carbocycles. The van der Waals surface area contributed by atoms with Gasteiger partial charge < -0.3 is 25.1 Å². The number of amides is 1. The molecule has 1 amide bonds. The number of carbonyl (C=O) groups excluding carboxylic acids is 2. The molecule has 0 radical (unpaired) electrons. The normalized spacial score (nSPS) is 21.2. The molecule has 0 unspecified atom stereocenters. The van der Waals surface area contributed by atoms with Crippen molar-refractivity contribution in [3.8, 4) is 0 Å². The van der Waals surface area contributed by atoms with Crippen molar-refractivity contribution in [3.05, 3.63) is 70.3 Å². The molecule has 1 aliphatic rings. The molecule has 0 aliphatic heterocycles. The number of nitrogens with zero attached hydrogens (tertiary/aromatic N) is 1. The van der Waals surface area contributed by atoms with Crippen LogP contribution in [0.15, 0.2) is 54.6 Å². The third-order valence-corrected chi connectivity index (χ3v) is 7.25. The third kappa shape index (κ3) is 14.3. The van der Waals surface area contributed by atoms with E-state index in [0.29, 0.717) is 57.9 Å². The van der Waals surface area contributed by atoms with Crippen LogP contribution in [0.25, 0.3) is 0 Å². The van der Waals surface area contributed by atoms with Crippen LogP contribution < -0.4 is 5.32 Å². The summed E-state index contributed by atoms with van der Waals surface area (Å²) < 4.78 is 5.78. The highest BCUT2D eigenvalue weighted by atomic mass is 16.9. The highest BCUT2D eigenvalue weighted by molar-refractivity contribution is 5.75. The van der Waals surface area contributed by atoms with Crippen LogP contribution in [0.3, 0.4) is 0 Å². The fraction of sp³-hybridized carbons (Fsp3) is 0.613. The van der Waals surface area contributed by atoms with E-state index in [4.69, 9.17) is 4.74 Å². The van der Waals surface area contributed by atoms with Crippen LogP contribution in [0.2, 0.25) is 0 Å². The lowest BCUT2D eigenvalue weighted by atomic mass is 9.89. The Bertz CT molecular complexity index is 968. The predicted octanol–water partition coefficient (Wildman–Crippen LogP) is 4.47. The van der Waals surface area contributed by atoms with Gasteiger partial charge in [0.05, 0.1) is 18.8 Å². The molecule has 41 heavy (non-hydrogen) atoms. The zero-order valence-corrected chi connectivity index (χ0v) is 24.1. The Balaban J connectivity index is 1.93. The van der Waals surface area contributed by atoms with E-state index in [-0.39, 0.29) is 36.7 Å². The SMILES string of the molecule is CCNC(=O)CCC/C=C\C[C@@H]1[C@@H](/C=C/[C@@H](CCc2ccccc2)OC(=O)CCCCCO[N+](=O)[O-])[C@@H](O)C[C@@H]1O. The Morgan fingerprint density at radius 1 is 1.10 bits per heavy atom. The molecule has 1 aromatic rings. The fourth-order valence-electron chi connectivity index (χ4n) is 5.06. The second-order valence-corrected chi connectivity index (χ2v) is 10.5. The molecule has 0 heterocycles. The third-order valence-electron chi connectivity index (χ3n) is 7.25. The molecule has 0 bridgehead atoms. The van der Waals surface area contributed by atoms with E-state index in [0.717, 1.165) is 18.4 Å². The minimum Gasteiger partial charge on any atom is -0.458 e. The number of benzene rings is 1. The number of aliphatic hydroxyl groups is 2. The van der Waals surface area contributed by atoms with E-state index < -0.39 is 23.4 Å². The smallest absolute Gasteiger partial charge is 0.306 e. The van der Waals surface area contributed by atoms with Crippen molar-refractivity contribution in [3.63, 3.8) is 0 Å². The molecule has 1 aliphatic carbocycles. The monoisotopic (exact) mass is 574 g/mol. The zero-order valence-electron chi connectivity index (χ0n) is 24.1. The van der Waals surface area contributed by atoms with Gasteiger partial charge in [-0.3, -0.25) is 9.59 Å². The van der Waals surface area contributed by atoms with Gasteiger partial charge >= 0.3 is 5.97 Å². The summed E-state index contributed by atoms with van der Waals surface area (Å²) in [5.41, 5.74) is 1.12. The van der Waals surface area contributed by atoms with E-state index in [9.17, 15) is 29.9 Å². The Labute approximate surface area is 242 Å². The molecule has 3 N–H and O–H groups in total. The lowest BCUT2D eigenvalue weighted by Gasteiger charge is -2.21. The first-order valence-electron chi connectivity index (χ1n) is 14.8. The Morgan fingerprint density at radius 2 is 1.88 bits per heavy atom. The van der Waals surface area contributed by atoms with Crippen LogP contribution in [0.1, 0.15) is 76.7 Å². The summed E-state index contributed by atoms with van der Waals surface area (Å²) in [6.45, 7) is 2.52. The number of hydrogen-bond acceptors (Lipinski definition) is 8. The van der Waals surface area contributed by atoms with Crippen molar-refractivity contribution in [2.24, 2.45) is 11.8 Å². The van der Waals surface area contributed by atoms with Crippen LogP contribution in [0, 0.1) is 22.0 Å². The van der Waals surface area contributed by atoms with Crippen molar-refractivity contribution in [1.29, 1.82) is 0 Å². The van der Waals surface area contributed by atoms with Gasteiger partial charge in [-0.25, -0.2) is 0 Å². The topological polar surface area (TPSA) is 148 Å². The maximum absolute atomic E-state index is 12.6. The summed E-state index contributed by atoms with van der Waals surface area (Å²) in [5.74, 6) is -0.732. The largest absolute Gasteiger partial charge is 0.458 e. The molecule has 228 valence electrons. The molecule has 0 aromatic heterocycles. The van der Waals surface area contributed by atoms with Gasteiger partial charge in [-0.2, -0.15) is 0 Å². The highest BCUT2D eigenvalue weighted by Gasteiger charge is 2.39. The summed E-state index contributed by atoms with van der Waals surface area (Å²) in [4.78, 5) is 38.7. The maximum Gasteiger partial charge on any atom is 0.306 e. The maximum atomic E-state index is 12.6. The average molecular weight is 575 g/mol. The van der Waals surface area contributed by atoms with Gasteiger partial charge in [-0.15, -0.1) is 10.1 Å². The average Bonchev–Trinajstić information content (AvgIpc) is 3.21. The molecular formula is C31H46N2O8. The van der Waals surface area contributed by atoms with Gasteiger partial charge in [0.15, 0.2) is 0 Å². The van der Waals surface area contributed by atoms with E-state index >= 15 is 0 Å². The Morgan fingerprint density at radius 3 is 2.61 bits per heavy atom. The van der Waals surface area contributed by atoms with Crippen molar-refractivity contribution in [1.82, 2.24) is 5.32 Å². The first-order valence-corrected chi connectivity index (χ1v) is 14.8. The molecule has 0 saturated heterocycles.